The second-order valence-electron chi connectivity index (χ2n) is 4.41. The fourth-order valence-corrected chi connectivity index (χ4v) is 1.90. The van der Waals surface area contributed by atoms with E-state index in [0.29, 0.717) is 0 Å². The minimum Gasteiger partial charge on any atom is -0.391 e. The van der Waals surface area contributed by atoms with Crippen LogP contribution in [0.4, 0.5) is 0 Å². The molecule has 0 aliphatic heterocycles. The van der Waals surface area contributed by atoms with E-state index in [0.717, 1.165) is 34.3 Å². The Morgan fingerprint density at radius 2 is 2.00 bits per heavy atom. The van der Waals surface area contributed by atoms with Crippen LogP contribution in [0.1, 0.15) is 19.4 Å². The fraction of sp³-hybridized carbons (Fsp3) is 0.235. The van der Waals surface area contributed by atoms with E-state index in [2.05, 4.69) is 30.7 Å². The zero-order valence-corrected chi connectivity index (χ0v) is 12.5. The zero-order valence-electron chi connectivity index (χ0n) is 12.5. The van der Waals surface area contributed by atoms with E-state index < -0.39 is 0 Å². The Labute approximate surface area is 123 Å². The first-order valence-corrected chi connectivity index (χ1v) is 6.69. The molecule has 0 spiro atoms. The van der Waals surface area contributed by atoms with E-state index in [1.807, 2.05) is 42.8 Å². The number of hydrogen-bond donors (Lipinski definition) is 1. The van der Waals surface area contributed by atoms with Crippen molar-refractivity contribution in [2.45, 2.75) is 13.8 Å². The maximum absolute atomic E-state index is 5.73. The number of hydrogen-bond acceptors (Lipinski definition) is 2. The van der Waals surface area contributed by atoms with Crippen molar-refractivity contribution in [1.29, 1.82) is 0 Å². The molecule has 1 aromatic carbocycles. The topological polar surface area (TPSA) is 24.4 Å². The summed E-state index contributed by atoms with van der Waals surface area (Å²) in [6, 6.07) is 7.80. The van der Waals surface area contributed by atoms with Crippen LogP contribution in [-0.2, 0) is 0 Å². The molecule has 0 fully saturated rings. The standard InChI is InChI=1S/C17H21BN2/c1-5-17(14-7-9-16(18)10-8-14)13(3)15(11-19-4)12-20-6-2/h5,7-12,20H,1,6H2,2-4H3/b15-12?,17-13+,19-11?. The van der Waals surface area contributed by atoms with Crippen molar-refractivity contribution in [2.75, 3.05) is 13.6 Å². The molecule has 3 heteroatoms. The molecule has 102 valence electrons. The van der Waals surface area contributed by atoms with Crippen LogP contribution in [0.2, 0.25) is 0 Å². The highest BCUT2D eigenvalue weighted by Gasteiger charge is 2.06. The summed E-state index contributed by atoms with van der Waals surface area (Å²) >= 11 is 0. The van der Waals surface area contributed by atoms with E-state index >= 15 is 0 Å². The molecule has 1 aromatic rings. The minimum absolute atomic E-state index is 0.758. The van der Waals surface area contributed by atoms with Crippen molar-refractivity contribution >= 4 is 25.1 Å². The molecule has 0 atom stereocenters. The van der Waals surface area contributed by atoms with Gasteiger partial charge in [-0.1, -0.05) is 42.4 Å². The second kappa shape index (κ2) is 8.21. The number of aliphatic imine (C=N–C) groups is 1. The van der Waals surface area contributed by atoms with Crippen LogP contribution in [-0.4, -0.2) is 27.7 Å². The third kappa shape index (κ3) is 4.27. The zero-order chi connectivity index (χ0) is 15.0. The molecule has 0 aromatic heterocycles. The Morgan fingerprint density at radius 1 is 1.35 bits per heavy atom. The average Bonchev–Trinajstić information content (AvgIpc) is 2.46. The van der Waals surface area contributed by atoms with Crippen molar-refractivity contribution in [3.63, 3.8) is 0 Å². The van der Waals surface area contributed by atoms with E-state index in [1.54, 1.807) is 7.05 Å². The van der Waals surface area contributed by atoms with E-state index in [1.165, 1.54) is 0 Å². The lowest BCUT2D eigenvalue weighted by molar-refractivity contribution is 0.915. The van der Waals surface area contributed by atoms with Crippen LogP contribution in [0.15, 0.2) is 59.3 Å². The van der Waals surface area contributed by atoms with Gasteiger partial charge >= 0.3 is 0 Å². The van der Waals surface area contributed by atoms with Gasteiger partial charge in [-0.25, -0.2) is 0 Å². The molecule has 0 aliphatic carbocycles. The fourth-order valence-electron chi connectivity index (χ4n) is 1.90. The summed E-state index contributed by atoms with van der Waals surface area (Å²) in [5.41, 5.74) is 5.10. The number of nitrogens with zero attached hydrogens (tertiary/aromatic N) is 1. The average molecular weight is 264 g/mol. The quantitative estimate of drug-likeness (QED) is 0.477. The number of allylic oxidation sites excluding steroid dienone is 4. The van der Waals surface area contributed by atoms with Gasteiger partial charge < -0.3 is 5.32 Å². The molecule has 0 saturated carbocycles. The molecule has 0 aliphatic rings. The van der Waals surface area contributed by atoms with Crippen molar-refractivity contribution < 1.29 is 0 Å². The van der Waals surface area contributed by atoms with Gasteiger partial charge in [-0.3, -0.25) is 4.99 Å². The monoisotopic (exact) mass is 264 g/mol. The van der Waals surface area contributed by atoms with Crippen LogP contribution in [0.25, 0.3) is 5.57 Å². The molecule has 0 heterocycles. The number of benzene rings is 1. The van der Waals surface area contributed by atoms with Crippen molar-refractivity contribution in [3.8, 4) is 0 Å². The first-order chi connectivity index (χ1) is 9.63. The summed E-state index contributed by atoms with van der Waals surface area (Å²) in [5, 5.41) is 3.21. The predicted octanol–water partition coefficient (Wildman–Crippen LogP) is 2.63. The van der Waals surface area contributed by atoms with E-state index in [4.69, 9.17) is 7.85 Å². The molecule has 1 rings (SSSR count). The van der Waals surface area contributed by atoms with Crippen molar-refractivity contribution in [1.82, 2.24) is 5.32 Å². The molecule has 2 radical (unpaired) electrons. The molecule has 0 unspecified atom stereocenters. The van der Waals surface area contributed by atoms with Crippen molar-refractivity contribution in [3.05, 3.63) is 59.8 Å². The summed E-state index contributed by atoms with van der Waals surface area (Å²) in [4.78, 5) is 4.11. The van der Waals surface area contributed by atoms with Gasteiger partial charge in [0.2, 0.25) is 0 Å². The van der Waals surface area contributed by atoms with Gasteiger partial charge in [0.1, 0.15) is 7.85 Å². The van der Waals surface area contributed by atoms with Crippen LogP contribution >= 0.6 is 0 Å². The van der Waals surface area contributed by atoms with E-state index in [9.17, 15) is 0 Å². The largest absolute Gasteiger partial charge is 0.391 e. The number of nitrogens with one attached hydrogen (secondary N) is 1. The van der Waals surface area contributed by atoms with E-state index in [-0.39, 0.29) is 0 Å². The Balaban J connectivity index is 3.28. The first kappa shape index (κ1) is 16.0. The first-order valence-electron chi connectivity index (χ1n) is 6.69. The second-order valence-corrected chi connectivity index (χ2v) is 4.41. The highest BCUT2D eigenvalue weighted by Crippen LogP contribution is 2.23. The Hall–Kier alpha value is -2.03. The Kier molecular flexibility index (Phi) is 6.58. The molecule has 20 heavy (non-hydrogen) atoms. The van der Waals surface area contributed by atoms with Gasteiger partial charge in [0.05, 0.1) is 0 Å². The summed E-state index contributed by atoms with van der Waals surface area (Å²) in [6.45, 7) is 8.92. The molecule has 0 bridgehead atoms. The Morgan fingerprint density at radius 3 is 2.50 bits per heavy atom. The molecule has 1 N–H and O–H groups in total. The van der Waals surface area contributed by atoms with Crippen LogP contribution in [0.5, 0.6) is 0 Å². The Bertz CT molecular complexity index is 537. The smallest absolute Gasteiger partial charge is 0.113 e. The minimum atomic E-state index is 0.758. The molecular weight excluding hydrogens is 243 g/mol. The highest BCUT2D eigenvalue weighted by atomic mass is 14.8. The van der Waals surface area contributed by atoms with Crippen molar-refractivity contribution in [2.24, 2.45) is 4.99 Å². The van der Waals surface area contributed by atoms with Gasteiger partial charge in [-0.05, 0) is 30.6 Å². The van der Waals surface area contributed by atoms with Crippen LogP contribution in [0, 0.1) is 0 Å². The molecule has 0 saturated heterocycles. The highest BCUT2D eigenvalue weighted by molar-refractivity contribution is 6.32. The van der Waals surface area contributed by atoms with Gasteiger partial charge in [-0.2, -0.15) is 0 Å². The lowest BCUT2D eigenvalue weighted by Crippen LogP contribution is -2.06. The summed E-state index contributed by atoms with van der Waals surface area (Å²) in [7, 11) is 7.50. The lowest BCUT2D eigenvalue weighted by Gasteiger charge is -2.11. The summed E-state index contributed by atoms with van der Waals surface area (Å²) < 4.78 is 0. The van der Waals surface area contributed by atoms with Crippen LogP contribution < -0.4 is 10.8 Å². The van der Waals surface area contributed by atoms with Gasteiger partial charge in [-0.15, -0.1) is 0 Å². The lowest BCUT2D eigenvalue weighted by atomic mass is 9.91. The summed E-state index contributed by atoms with van der Waals surface area (Å²) in [6.07, 6.45) is 5.69. The SMILES string of the molecule is [B]c1ccc(/C(C=C)=C(\C)C(C=NC)=CNCC)cc1. The molecule has 0 amide bonds. The molecule has 2 nitrogen and oxygen atoms in total. The normalized spacial score (nSPS) is 13.2. The van der Waals surface area contributed by atoms with Crippen LogP contribution in [0.3, 0.4) is 0 Å². The predicted molar refractivity (Wildman–Crippen MR) is 90.8 cm³/mol. The van der Waals surface area contributed by atoms with Gasteiger partial charge in [0, 0.05) is 31.6 Å². The third-order valence-electron chi connectivity index (χ3n) is 2.99. The summed E-state index contributed by atoms with van der Waals surface area (Å²) in [5.74, 6) is 0. The van der Waals surface area contributed by atoms with Gasteiger partial charge in [0.25, 0.3) is 0 Å². The maximum atomic E-state index is 5.73. The molecular formula is C17H21BN2. The number of rotatable bonds is 6. The van der Waals surface area contributed by atoms with Gasteiger partial charge in [0.15, 0.2) is 0 Å². The third-order valence-corrected chi connectivity index (χ3v) is 2.99. The maximum Gasteiger partial charge on any atom is 0.113 e.